The first-order valence-electron chi connectivity index (χ1n) is 9.99. The van der Waals surface area contributed by atoms with E-state index in [2.05, 4.69) is 48.5 Å². The minimum Gasteiger partial charge on any atom is -0.497 e. The summed E-state index contributed by atoms with van der Waals surface area (Å²) in [6.07, 6.45) is 18.0. The van der Waals surface area contributed by atoms with Gasteiger partial charge in [-0.3, -0.25) is 0 Å². The molecule has 4 rings (SSSR count). The number of benzene rings is 1. The molecule has 1 aliphatic carbocycles. The number of H-pyrrole nitrogens is 1. The van der Waals surface area contributed by atoms with Crippen molar-refractivity contribution in [3.05, 3.63) is 78.3 Å². The zero-order chi connectivity index (χ0) is 19.3. The van der Waals surface area contributed by atoms with Crippen LogP contribution < -0.4 is 4.74 Å². The number of fused-ring (bicyclic) bond motifs is 1. The number of hydrogen-bond acceptors (Lipinski definition) is 3. The Hall–Kier alpha value is -2.88. The van der Waals surface area contributed by atoms with E-state index < -0.39 is 0 Å². The van der Waals surface area contributed by atoms with E-state index in [1.165, 1.54) is 16.5 Å². The van der Waals surface area contributed by atoms with Crippen LogP contribution in [0, 0.1) is 5.92 Å². The lowest BCUT2D eigenvalue weighted by Crippen LogP contribution is -2.20. The molecule has 2 heterocycles. The fourth-order valence-corrected chi connectivity index (χ4v) is 4.31. The first kappa shape index (κ1) is 18.5. The van der Waals surface area contributed by atoms with Gasteiger partial charge in [-0.15, -0.1) is 0 Å². The normalized spacial score (nSPS) is 18.1. The van der Waals surface area contributed by atoms with Crippen LogP contribution in [0.25, 0.3) is 10.9 Å². The van der Waals surface area contributed by atoms with E-state index in [9.17, 15) is 0 Å². The molecule has 2 aliphatic rings. The van der Waals surface area contributed by atoms with Gasteiger partial charge in [0.05, 0.1) is 7.11 Å². The number of aromatic nitrogens is 1. The zero-order valence-electron chi connectivity index (χ0n) is 16.5. The van der Waals surface area contributed by atoms with Crippen LogP contribution in [0.3, 0.4) is 0 Å². The number of nitrogens with one attached hydrogen (secondary N) is 1. The predicted octanol–water partition coefficient (Wildman–Crippen LogP) is 6.31. The number of aromatic amines is 1. The molecule has 28 heavy (non-hydrogen) atoms. The number of ether oxygens (including phenoxy) is 3. The molecule has 1 aliphatic heterocycles. The second-order valence-electron chi connectivity index (χ2n) is 7.28. The van der Waals surface area contributed by atoms with Crippen molar-refractivity contribution >= 4 is 10.9 Å². The highest BCUT2D eigenvalue weighted by atomic mass is 16.5. The van der Waals surface area contributed by atoms with E-state index >= 15 is 0 Å². The molecule has 4 heteroatoms. The molecule has 0 bridgehead atoms. The summed E-state index contributed by atoms with van der Waals surface area (Å²) in [5, 5.41) is 1.21. The third-order valence-corrected chi connectivity index (χ3v) is 5.60. The van der Waals surface area contributed by atoms with Crippen molar-refractivity contribution in [2.75, 3.05) is 7.11 Å². The second kappa shape index (κ2) is 8.42. The molecule has 2 aromatic rings. The van der Waals surface area contributed by atoms with Crippen molar-refractivity contribution in [1.82, 2.24) is 4.98 Å². The standard InChI is InChI=1S/C24H27NO3/c1-3-7-19(21-15-25-22-11-10-18(26-2)14-20(21)22)24(17-8-5-4-6-9-17)23-16-27-12-13-28-23/h4-5,8,10-16,19,24-25H,3,6-7,9H2,1-2H3. The Labute approximate surface area is 166 Å². The summed E-state index contributed by atoms with van der Waals surface area (Å²) in [5.74, 6) is 2.17. The average molecular weight is 377 g/mol. The molecule has 1 aromatic heterocycles. The molecule has 1 N–H and O–H groups in total. The van der Waals surface area contributed by atoms with Crippen LogP contribution in [0.1, 0.15) is 44.1 Å². The number of hydrogen-bond donors (Lipinski definition) is 1. The Kier molecular flexibility index (Phi) is 5.56. The number of methoxy groups -OCH3 is 1. The Balaban J connectivity index is 1.82. The van der Waals surface area contributed by atoms with Crippen LogP contribution in [-0.4, -0.2) is 12.1 Å². The van der Waals surface area contributed by atoms with Gasteiger partial charge in [0.2, 0.25) is 0 Å². The van der Waals surface area contributed by atoms with Gasteiger partial charge in [-0.25, -0.2) is 0 Å². The Bertz CT molecular complexity index is 948. The summed E-state index contributed by atoms with van der Waals surface area (Å²) in [4.78, 5) is 3.44. The molecule has 4 nitrogen and oxygen atoms in total. The highest BCUT2D eigenvalue weighted by Crippen LogP contribution is 2.44. The lowest BCUT2D eigenvalue weighted by atomic mass is 9.75. The summed E-state index contributed by atoms with van der Waals surface area (Å²) in [6, 6.07) is 6.21. The van der Waals surface area contributed by atoms with Crippen molar-refractivity contribution in [3.63, 3.8) is 0 Å². The predicted molar refractivity (Wildman–Crippen MR) is 112 cm³/mol. The van der Waals surface area contributed by atoms with Gasteiger partial charge in [-0.1, -0.05) is 37.1 Å². The van der Waals surface area contributed by atoms with Crippen LogP contribution in [0.5, 0.6) is 5.75 Å². The molecule has 146 valence electrons. The van der Waals surface area contributed by atoms with Gasteiger partial charge in [-0.2, -0.15) is 0 Å². The van der Waals surface area contributed by atoms with Crippen molar-refractivity contribution < 1.29 is 14.2 Å². The molecule has 2 atom stereocenters. The maximum absolute atomic E-state index is 5.93. The molecule has 0 saturated heterocycles. The Morgan fingerprint density at radius 2 is 2.18 bits per heavy atom. The SMILES string of the molecule is CCCC(c1c[nH]c2ccc(OC)cc12)C(C1=CC=CCC1)C1=COC=CO1. The first-order valence-corrected chi connectivity index (χ1v) is 9.99. The first-order chi connectivity index (χ1) is 13.8. The minimum atomic E-state index is 0.139. The average Bonchev–Trinajstić information content (AvgIpc) is 3.18. The van der Waals surface area contributed by atoms with Gasteiger partial charge in [-0.05, 0) is 48.9 Å². The van der Waals surface area contributed by atoms with Crippen LogP contribution in [0.4, 0.5) is 0 Å². The summed E-state index contributed by atoms with van der Waals surface area (Å²) >= 11 is 0. The quantitative estimate of drug-likeness (QED) is 0.615. The molecule has 0 radical (unpaired) electrons. The molecular weight excluding hydrogens is 350 g/mol. The maximum atomic E-state index is 5.93. The largest absolute Gasteiger partial charge is 0.497 e. The molecule has 1 aromatic carbocycles. The lowest BCUT2D eigenvalue weighted by molar-refractivity contribution is 0.214. The highest BCUT2D eigenvalue weighted by molar-refractivity contribution is 5.85. The maximum Gasteiger partial charge on any atom is 0.146 e. The van der Waals surface area contributed by atoms with E-state index in [0.29, 0.717) is 0 Å². The summed E-state index contributed by atoms with van der Waals surface area (Å²) < 4.78 is 16.9. The minimum absolute atomic E-state index is 0.139. The van der Waals surface area contributed by atoms with Gasteiger partial charge >= 0.3 is 0 Å². The van der Waals surface area contributed by atoms with Gasteiger partial charge in [0.1, 0.15) is 30.3 Å². The topological polar surface area (TPSA) is 43.5 Å². The molecule has 2 unspecified atom stereocenters. The van der Waals surface area contributed by atoms with Crippen molar-refractivity contribution in [2.45, 2.75) is 38.5 Å². The molecular formula is C24H27NO3. The third-order valence-electron chi connectivity index (χ3n) is 5.60. The fraction of sp³-hybridized carbons (Fsp3) is 0.333. The summed E-state index contributed by atoms with van der Waals surface area (Å²) in [5.41, 5.74) is 3.82. The smallest absolute Gasteiger partial charge is 0.146 e. The summed E-state index contributed by atoms with van der Waals surface area (Å²) in [6.45, 7) is 2.24. The third kappa shape index (κ3) is 3.59. The molecule has 0 saturated carbocycles. The molecule has 0 spiro atoms. The van der Waals surface area contributed by atoms with Gasteiger partial charge in [0.15, 0.2) is 0 Å². The van der Waals surface area contributed by atoms with Gasteiger partial charge < -0.3 is 19.2 Å². The van der Waals surface area contributed by atoms with Crippen LogP contribution in [0.15, 0.2) is 72.7 Å². The Morgan fingerprint density at radius 1 is 1.25 bits per heavy atom. The second-order valence-corrected chi connectivity index (χ2v) is 7.28. The van der Waals surface area contributed by atoms with E-state index in [1.807, 2.05) is 6.07 Å². The van der Waals surface area contributed by atoms with Gasteiger partial charge in [0, 0.05) is 23.0 Å². The van der Waals surface area contributed by atoms with Crippen LogP contribution in [0.2, 0.25) is 0 Å². The number of rotatable bonds is 7. The van der Waals surface area contributed by atoms with Crippen LogP contribution in [-0.2, 0) is 9.47 Å². The highest BCUT2D eigenvalue weighted by Gasteiger charge is 2.33. The van der Waals surface area contributed by atoms with Crippen molar-refractivity contribution in [1.29, 1.82) is 0 Å². The van der Waals surface area contributed by atoms with E-state index in [0.717, 1.165) is 42.7 Å². The Morgan fingerprint density at radius 3 is 2.89 bits per heavy atom. The van der Waals surface area contributed by atoms with Crippen molar-refractivity contribution in [2.24, 2.45) is 5.92 Å². The molecule has 0 fully saturated rings. The van der Waals surface area contributed by atoms with E-state index in [4.69, 9.17) is 14.2 Å². The number of allylic oxidation sites excluding steroid dienone is 4. The zero-order valence-corrected chi connectivity index (χ0v) is 16.5. The van der Waals surface area contributed by atoms with Crippen LogP contribution >= 0.6 is 0 Å². The monoisotopic (exact) mass is 377 g/mol. The fourth-order valence-electron chi connectivity index (χ4n) is 4.31. The van der Waals surface area contributed by atoms with Gasteiger partial charge in [0.25, 0.3) is 0 Å². The van der Waals surface area contributed by atoms with E-state index in [1.54, 1.807) is 25.9 Å². The lowest BCUT2D eigenvalue weighted by Gasteiger charge is -2.31. The summed E-state index contributed by atoms with van der Waals surface area (Å²) in [7, 11) is 1.71. The molecule has 0 amide bonds. The van der Waals surface area contributed by atoms with E-state index in [-0.39, 0.29) is 11.8 Å². The van der Waals surface area contributed by atoms with Crippen molar-refractivity contribution in [3.8, 4) is 5.75 Å².